The van der Waals surface area contributed by atoms with Crippen LogP contribution in [0.1, 0.15) is 24.0 Å². The van der Waals surface area contributed by atoms with E-state index in [0.29, 0.717) is 44.1 Å². The smallest absolute Gasteiger partial charge is 0.223 e. The number of hydrogen-bond donors (Lipinski definition) is 3. The Kier molecular flexibility index (Phi) is 5.32. The normalized spacial score (nSPS) is 28.3. The number of amides is 1. The molecule has 0 spiro atoms. The third-order valence-electron chi connectivity index (χ3n) is 6.54. The zero-order valence-electron chi connectivity index (χ0n) is 17.9. The van der Waals surface area contributed by atoms with Crippen molar-refractivity contribution < 1.29 is 19.4 Å². The van der Waals surface area contributed by atoms with Crippen molar-refractivity contribution in [3.8, 4) is 0 Å². The number of aliphatic hydroxyl groups excluding tert-OH is 1. The summed E-state index contributed by atoms with van der Waals surface area (Å²) in [5.41, 5.74) is 6.75. The molecule has 4 N–H and O–H groups in total. The van der Waals surface area contributed by atoms with E-state index in [4.69, 9.17) is 15.2 Å². The van der Waals surface area contributed by atoms with Crippen LogP contribution in [0.3, 0.4) is 0 Å². The van der Waals surface area contributed by atoms with Crippen LogP contribution in [-0.2, 0) is 20.0 Å². The number of primary amides is 1. The number of hydrogen-bond acceptors (Lipinski definition) is 7. The minimum atomic E-state index is -1.37. The first kappa shape index (κ1) is 20.9. The Bertz CT molecular complexity index is 1110. The van der Waals surface area contributed by atoms with Crippen LogP contribution >= 0.6 is 0 Å². The Hall–Kier alpha value is -3.01. The van der Waals surface area contributed by atoms with E-state index in [9.17, 15) is 9.90 Å². The summed E-state index contributed by atoms with van der Waals surface area (Å²) in [5, 5.41) is 12.6. The number of ether oxygens (including phenoxy) is 2. The molecule has 2 fully saturated rings. The number of rotatable bonds is 5. The molecule has 168 valence electrons. The lowest BCUT2D eigenvalue weighted by Crippen LogP contribution is -2.65. The molecule has 1 aromatic carbocycles. The largest absolute Gasteiger partial charge is 0.387 e. The van der Waals surface area contributed by atoms with E-state index >= 15 is 0 Å². The maximum Gasteiger partial charge on any atom is 0.223 e. The number of H-pyrrole nitrogens is 1. The molecule has 2 aliphatic heterocycles. The van der Waals surface area contributed by atoms with Crippen molar-refractivity contribution in [3.05, 3.63) is 54.0 Å². The van der Waals surface area contributed by atoms with Crippen LogP contribution in [-0.4, -0.2) is 57.9 Å². The van der Waals surface area contributed by atoms with Gasteiger partial charge in [0.1, 0.15) is 23.9 Å². The van der Waals surface area contributed by atoms with Crippen molar-refractivity contribution in [2.24, 2.45) is 11.7 Å². The summed E-state index contributed by atoms with van der Waals surface area (Å²) in [6.45, 7) is 3.40. The first-order valence-electron chi connectivity index (χ1n) is 10.9. The van der Waals surface area contributed by atoms with Gasteiger partial charge in [-0.15, -0.1) is 0 Å². The van der Waals surface area contributed by atoms with Gasteiger partial charge in [-0.2, -0.15) is 0 Å². The molecule has 5 rings (SSSR count). The van der Waals surface area contributed by atoms with Crippen LogP contribution < -0.4 is 10.6 Å². The van der Waals surface area contributed by atoms with Gasteiger partial charge in [-0.05, 0) is 25.3 Å². The predicted molar refractivity (Wildman–Crippen MR) is 118 cm³/mol. The van der Waals surface area contributed by atoms with Crippen LogP contribution in [0, 0.1) is 12.8 Å². The Labute approximate surface area is 185 Å². The fourth-order valence-electron chi connectivity index (χ4n) is 4.95. The molecule has 32 heavy (non-hydrogen) atoms. The number of benzene rings is 1. The highest BCUT2D eigenvalue weighted by Crippen LogP contribution is 2.46. The number of aryl methyl sites for hydroxylation is 1. The molecule has 0 aliphatic carbocycles. The number of anilines is 1. The van der Waals surface area contributed by atoms with Gasteiger partial charge in [0.25, 0.3) is 0 Å². The van der Waals surface area contributed by atoms with Gasteiger partial charge < -0.3 is 30.2 Å². The third-order valence-corrected chi connectivity index (χ3v) is 6.54. The van der Waals surface area contributed by atoms with Crippen molar-refractivity contribution in [2.75, 3.05) is 24.7 Å². The molecule has 4 heterocycles. The number of aromatic nitrogens is 3. The number of aromatic amines is 1. The van der Waals surface area contributed by atoms with Gasteiger partial charge in [0, 0.05) is 24.9 Å². The molecule has 1 amide bonds. The molecule has 0 saturated carbocycles. The number of aliphatic hydroxyl groups is 1. The summed E-state index contributed by atoms with van der Waals surface area (Å²) < 4.78 is 12.3. The molecule has 9 heteroatoms. The molecular weight excluding hydrogens is 410 g/mol. The molecule has 4 unspecified atom stereocenters. The topological polar surface area (TPSA) is 127 Å². The maximum atomic E-state index is 12.3. The van der Waals surface area contributed by atoms with Crippen LogP contribution in [0.5, 0.6) is 0 Å². The lowest BCUT2D eigenvalue weighted by molar-refractivity contribution is -0.191. The van der Waals surface area contributed by atoms with Gasteiger partial charge >= 0.3 is 0 Å². The lowest BCUT2D eigenvalue weighted by atomic mass is 9.80. The quantitative estimate of drug-likeness (QED) is 0.553. The number of nitrogens with zero attached hydrogens (tertiary/aromatic N) is 3. The highest BCUT2D eigenvalue weighted by molar-refractivity contribution is 5.91. The Morgan fingerprint density at radius 2 is 2.12 bits per heavy atom. The highest BCUT2D eigenvalue weighted by atomic mass is 16.6. The summed E-state index contributed by atoms with van der Waals surface area (Å²) in [4.78, 5) is 26.4. The SMILES string of the molecule is Cc1c[nH]c2ncnc(N3CCC(C(N)=O)C(O)C3(OC3CCOC3)c3ccccc3)c12. The highest BCUT2D eigenvalue weighted by Gasteiger charge is 2.56. The van der Waals surface area contributed by atoms with Crippen molar-refractivity contribution >= 4 is 22.8 Å². The minimum Gasteiger partial charge on any atom is -0.387 e. The van der Waals surface area contributed by atoms with Crippen molar-refractivity contribution in [2.45, 2.75) is 37.7 Å². The van der Waals surface area contributed by atoms with Crippen LogP contribution in [0.4, 0.5) is 5.82 Å². The average molecular weight is 438 g/mol. The van der Waals surface area contributed by atoms with Gasteiger partial charge in [0.15, 0.2) is 5.72 Å². The molecule has 2 saturated heterocycles. The van der Waals surface area contributed by atoms with E-state index < -0.39 is 23.7 Å². The van der Waals surface area contributed by atoms with Crippen LogP contribution in [0.25, 0.3) is 11.0 Å². The summed E-state index contributed by atoms with van der Waals surface area (Å²) in [7, 11) is 0. The standard InChI is InChI=1S/C23H27N5O4/c1-14-11-25-21-18(14)22(27-13-26-21)28-9-7-17(20(24)30)19(29)23(28,15-5-3-2-4-6-15)32-16-8-10-31-12-16/h2-6,11,13,16-17,19,29H,7-10,12H2,1H3,(H2,24,30)(H,25,26,27). The van der Waals surface area contributed by atoms with E-state index in [1.54, 1.807) is 0 Å². The number of nitrogens with one attached hydrogen (secondary N) is 1. The third kappa shape index (κ3) is 3.24. The summed E-state index contributed by atoms with van der Waals surface area (Å²) in [5.74, 6) is -0.675. The Balaban J connectivity index is 1.74. The van der Waals surface area contributed by atoms with Gasteiger partial charge in [0.2, 0.25) is 5.91 Å². The van der Waals surface area contributed by atoms with Gasteiger partial charge in [-0.1, -0.05) is 30.3 Å². The van der Waals surface area contributed by atoms with E-state index in [-0.39, 0.29) is 6.10 Å². The zero-order chi connectivity index (χ0) is 22.3. The van der Waals surface area contributed by atoms with E-state index in [2.05, 4.69) is 15.0 Å². The first-order chi connectivity index (χ1) is 15.5. The number of piperidine rings is 1. The first-order valence-corrected chi connectivity index (χ1v) is 10.9. The van der Waals surface area contributed by atoms with Crippen molar-refractivity contribution in [3.63, 3.8) is 0 Å². The van der Waals surface area contributed by atoms with Crippen molar-refractivity contribution in [1.82, 2.24) is 15.0 Å². The Morgan fingerprint density at radius 1 is 1.31 bits per heavy atom. The lowest BCUT2D eigenvalue weighted by Gasteiger charge is -2.53. The maximum absolute atomic E-state index is 12.3. The zero-order valence-corrected chi connectivity index (χ0v) is 17.9. The van der Waals surface area contributed by atoms with Crippen molar-refractivity contribution in [1.29, 1.82) is 0 Å². The van der Waals surface area contributed by atoms with E-state index in [0.717, 1.165) is 16.5 Å². The van der Waals surface area contributed by atoms with Gasteiger partial charge in [-0.3, -0.25) is 4.79 Å². The number of fused-ring (bicyclic) bond motifs is 1. The van der Waals surface area contributed by atoms with Crippen LogP contribution in [0.15, 0.2) is 42.9 Å². The minimum absolute atomic E-state index is 0.247. The molecule has 3 aromatic rings. The molecular formula is C23H27N5O4. The second-order valence-corrected chi connectivity index (χ2v) is 8.45. The molecule has 0 bridgehead atoms. The molecule has 2 aliphatic rings. The predicted octanol–water partition coefficient (Wildman–Crippen LogP) is 1.60. The monoisotopic (exact) mass is 437 g/mol. The number of nitrogens with two attached hydrogens (primary N) is 1. The number of carbonyl (C=O) groups is 1. The molecule has 2 aromatic heterocycles. The van der Waals surface area contributed by atoms with Gasteiger partial charge in [0.05, 0.1) is 24.0 Å². The molecule has 0 radical (unpaired) electrons. The second kappa shape index (κ2) is 8.16. The van der Waals surface area contributed by atoms with E-state index in [1.807, 2.05) is 48.4 Å². The van der Waals surface area contributed by atoms with E-state index in [1.165, 1.54) is 6.33 Å². The fourth-order valence-corrected chi connectivity index (χ4v) is 4.95. The average Bonchev–Trinajstić information content (AvgIpc) is 3.45. The Morgan fingerprint density at radius 3 is 2.84 bits per heavy atom. The summed E-state index contributed by atoms with van der Waals surface area (Å²) in [6.07, 6.45) is 2.99. The summed E-state index contributed by atoms with van der Waals surface area (Å²) in [6, 6.07) is 9.48. The fraction of sp³-hybridized carbons (Fsp3) is 0.435. The number of carbonyl (C=O) groups excluding carboxylic acids is 1. The molecule has 4 atom stereocenters. The second-order valence-electron chi connectivity index (χ2n) is 8.45. The molecule has 9 nitrogen and oxygen atoms in total. The van der Waals surface area contributed by atoms with Gasteiger partial charge in [-0.25, -0.2) is 9.97 Å². The summed E-state index contributed by atoms with van der Waals surface area (Å²) >= 11 is 0. The van der Waals surface area contributed by atoms with Crippen LogP contribution in [0.2, 0.25) is 0 Å².